The van der Waals surface area contributed by atoms with E-state index in [1.807, 2.05) is 20.8 Å². The van der Waals surface area contributed by atoms with Crippen LogP contribution in [-0.2, 0) is 11.8 Å². The Hall–Kier alpha value is -2.90. The van der Waals surface area contributed by atoms with Crippen molar-refractivity contribution in [3.8, 4) is 11.5 Å². The van der Waals surface area contributed by atoms with Gasteiger partial charge in [-0.2, -0.15) is 0 Å². The predicted octanol–water partition coefficient (Wildman–Crippen LogP) is 4.20. The number of rotatable bonds is 9. The minimum atomic E-state index is -1.02. The number of hydrogen-bond acceptors (Lipinski definition) is 5. The summed E-state index contributed by atoms with van der Waals surface area (Å²) in [4.78, 5) is 23.5. The maximum absolute atomic E-state index is 11.9. The van der Waals surface area contributed by atoms with E-state index < -0.39 is 17.7 Å². The van der Waals surface area contributed by atoms with Crippen molar-refractivity contribution < 1.29 is 28.9 Å². The first-order chi connectivity index (χ1) is 14.1. The van der Waals surface area contributed by atoms with Gasteiger partial charge in [-0.15, -0.1) is 0 Å². The summed E-state index contributed by atoms with van der Waals surface area (Å²) in [5.41, 5.74) is 0.257. The average molecular weight is 421 g/mol. The monoisotopic (exact) mass is 420 g/mol. The Morgan fingerprint density at radius 1 is 1.23 bits per heavy atom. The molecule has 1 heterocycles. The Bertz CT molecular complexity index is 897. The van der Waals surface area contributed by atoms with E-state index in [0.29, 0.717) is 35.6 Å². The van der Waals surface area contributed by atoms with Gasteiger partial charge in [0.05, 0.1) is 19.2 Å². The van der Waals surface area contributed by atoms with Gasteiger partial charge in [-0.05, 0) is 45.4 Å². The van der Waals surface area contributed by atoms with Crippen LogP contribution in [0.15, 0.2) is 18.2 Å². The zero-order valence-electron chi connectivity index (χ0n) is 18.6. The molecule has 30 heavy (non-hydrogen) atoms. The zero-order valence-corrected chi connectivity index (χ0v) is 18.6. The molecule has 0 aliphatic carbocycles. The quantitative estimate of drug-likeness (QED) is 0.631. The van der Waals surface area contributed by atoms with Gasteiger partial charge in [0.2, 0.25) is 0 Å². The smallest absolute Gasteiger partial charge is 0.407 e. The third kappa shape index (κ3) is 5.81. The van der Waals surface area contributed by atoms with Gasteiger partial charge >= 0.3 is 12.1 Å². The van der Waals surface area contributed by atoms with Crippen molar-refractivity contribution in [1.29, 1.82) is 0 Å². The van der Waals surface area contributed by atoms with Crippen molar-refractivity contribution in [3.63, 3.8) is 0 Å². The molecule has 1 amide bonds. The summed E-state index contributed by atoms with van der Waals surface area (Å²) in [5, 5.41) is 12.9. The number of ether oxygens (including phenoxy) is 3. The summed E-state index contributed by atoms with van der Waals surface area (Å²) in [7, 11) is 3.23. The van der Waals surface area contributed by atoms with Crippen molar-refractivity contribution in [1.82, 2.24) is 9.88 Å². The second-order valence-corrected chi connectivity index (χ2v) is 8.27. The van der Waals surface area contributed by atoms with Crippen LogP contribution < -0.4 is 14.8 Å². The van der Waals surface area contributed by atoms with Crippen LogP contribution >= 0.6 is 0 Å². The molecule has 166 valence electrons. The molecule has 1 aromatic heterocycles. The van der Waals surface area contributed by atoms with Crippen LogP contribution in [0.4, 0.5) is 4.79 Å². The average Bonchev–Trinajstić information content (AvgIpc) is 3.00. The number of methoxy groups -OCH3 is 1. The van der Waals surface area contributed by atoms with Gasteiger partial charge in [0.1, 0.15) is 22.8 Å². The largest absolute Gasteiger partial charge is 0.495 e. The van der Waals surface area contributed by atoms with Crippen molar-refractivity contribution >= 4 is 23.0 Å². The van der Waals surface area contributed by atoms with Crippen LogP contribution in [0.2, 0.25) is 0 Å². The fourth-order valence-electron chi connectivity index (χ4n) is 3.31. The Kier molecular flexibility index (Phi) is 7.59. The molecule has 1 atom stereocenters. The number of nitrogens with zero attached hydrogens (tertiary/aromatic N) is 1. The van der Waals surface area contributed by atoms with Crippen LogP contribution in [0, 0.1) is 5.92 Å². The van der Waals surface area contributed by atoms with E-state index in [1.54, 1.807) is 36.9 Å². The van der Waals surface area contributed by atoms with Crippen molar-refractivity contribution in [2.24, 2.45) is 13.0 Å². The summed E-state index contributed by atoms with van der Waals surface area (Å²) in [6.07, 6.45) is 1.35. The summed E-state index contributed by atoms with van der Waals surface area (Å²) in [5.74, 6) is 0.214. The van der Waals surface area contributed by atoms with E-state index in [9.17, 15) is 14.7 Å². The number of carboxylic acid groups (broad SMARTS) is 1. The number of alkyl carbamates (subject to hydrolysis) is 1. The fourth-order valence-corrected chi connectivity index (χ4v) is 3.31. The van der Waals surface area contributed by atoms with E-state index >= 15 is 0 Å². The summed E-state index contributed by atoms with van der Waals surface area (Å²) >= 11 is 0. The van der Waals surface area contributed by atoms with E-state index in [4.69, 9.17) is 14.2 Å². The lowest BCUT2D eigenvalue weighted by Gasteiger charge is -2.22. The van der Waals surface area contributed by atoms with Crippen LogP contribution in [0.25, 0.3) is 10.9 Å². The highest BCUT2D eigenvalue weighted by Gasteiger charge is 2.20. The standard InChI is InChI=1S/C22H32N2O6/c1-7-8-14(12-23-21(27)30-22(2,3)4)13-29-17-9-10-18(28-6)19-15(17)11-16(20(25)26)24(19)5/h9-11,14H,7-8,12-13H2,1-6H3,(H,23,27)(H,25,26). The van der Waals surface area contributed by atoms with Gasteiger partial charge in [0.15, 0.2) is 0 Å². The number of carboxylic acids is 1. The number of carbonyl (C=O) groups excluding carboxylic acids is 1. The Balaban J connectivity index is 2.16. The molecule has 0 saturated carbocycles. The van der Waals surface area contributed by atoms with Crippen LogP contribution in [0.3, 0.4) is 0 Å². The topological polar surface area (TPSA) is 99.0 Å². The van der Waals surface area contributed by atoms with Crippen molar-refractivity contribution in [3.05, 3.63) is 23.9 Å². The SMILES string of the molecule is CCCC(CNC(=O)OC(C)(C)C)COc1ccc(OC)c2c1cc(C(=O)O)n2C. The molecule has 1 aromatic carbocycles. The number of benzene rings is 1. The minimum absolute atomic E-state index is 0.0855. The molecule has 0 aliphatic rings. The molecule has 2 aromatic rings. The fraction of sp³-hybridized carbons (Fsp3) is 0.545. The second-order valence-electron chi connectivity index (χ2n) is 8.27. The molecular formula is C22H32N2O6. The summed E-state index contributed by atoms with van der Waals surface area (Å²) in [6, 6.07) is 5.12. The zero-order chi connectivity index (χ0) is 22.5. The first-order valence-corrected chi connectivity index (χ1v) is 10.1. The Morgan fingerprint density at radius 3 is 2.47 bits per heavy atom. The number of aryl methyl sites for hydroxylation is 1. The number of hydrogen-bond donors (Lipinski definition) is 2. The highest BCUT2D eigenvalue weighted by atomic mass is 16.6. The van der Waals surface area contributed by atoms with Crippen molar-refractivity contribution in [2.45, 2.75) is 46.1 Å². The molecule has 8 nitrogen and oxygen atoms in total. The maximum Gasteiger partial charge on any atom is 0.407 e. The maximum atomic E-state index is 11.9. The van der Waals surface area contributed by atoms with Crippen LogP contribution in [-0.4, -0.2) is 47.6 Å². The number of fused-ring (bicyclic) bond motifs is 1. The molecule has 0 radical (unpaired) electrons. The van der Waals surface area contributed by atoms with Gasteiger partial charge in [-0.25, -0.2) is 9.59 Å². The lowest BCUT2D eigenvalue weighted by molar-refractivity contribution is 0.0512. The lowest BCUT2D eigenvalue weighted by atomic mass is 10.1. The van der Waals surface area contributed by atoms with E-state index in [2.05, 4.69) is 12.2 Å². The first kappa shape index (κ1) is 23.4. The normalized spacial score (nSPS) is 12.5. The molecule has 1 unspecified atom stereocenters. The van der Waals surface area contributed by atoms with Gasteiger partial charge in [0, 0.05) is 24.9 Å². The Morgan fingerprint density at radius 2 is 1.90 bits per heavy atom. The molecule has 0 spiro atoms. The molecule has 0 bridgehead atoms. The highest BCUT2D eigenvalue weighted by molar-refractivity contribution is 5.99. The second kappa shape index (κ2) is 9.73. The van der Waals surface area contributed by atoms with Gasteiger partial charge < -0.3 is 29.2 Å². The lowest BCUT2D eigenvalue weighted by Crippen LogP contribution is -2.36. The van der Waals surface area contributed by atoms with Gasteiger partial charge in [0.25, 0.3) is 0 Å². The molecular weight excluding hydrogens is 388 g/mol. The molecule has 2 rings (SSSR count). The number of aromatic nitrogens is 1. The third-order valence-corrected chi connectivity index (χ3v) is 4.66. The molecule has 0 saturated heterocycles. The number of carbonyl (C=O) groups is 2. The predicted molar refractivity (Wildman–Crippen MR) is 115 cm³/mol. The number of aromatic carboxylic acids is 1. The van der Waals surface area contributed by atoms with Crippen LogP contribution in [0.1, 0.15) is 51.0 Å². The van der Waals surface area contributed by atoms with E-state index in [1.165, 1.54) is 0 Å². The third-order valence-electron chi connectivity index (χ3n) is 4.66. The van der Waals surface area contributed by atoms with E-state index in [0.717, 1.165) is 12.8 Å². The Labute approximate surface area is 177 Å². The first-order valence-electron chi connectivity index (χ1n) is 10.1. The summed E-state index contributed by atoms with van der Waals surface area (Å²) in [6.45, 7) is 8.33. The van der Waals surface area contributed by atoms with Gasteiger partial charge in [-0.3, -0.25) is 0 Å². The number of nitrogens with one attached hydrogen (secondary N) is 1. The summed E-state index contributed by atoms with van der Waals surface area (Å²) < 4.78 is 18.3. The highest BCUT2D eigenvalue weighted by Crippen LogP contribution is 2.35. The molecule has 0 fully saturated rings. The van der Waals surface area contributed by atoms with E-state index in [-0.39, 0.29) is 11.6 Å². The molecule has 2 N–H and O–H groups in total. The number of amides is 1. The molecule has 0 aliphatic heterocycles. The van der Waals surface area contributed by atoms with Crippen molar-refractivity contribution in [2.75, 3.05) is 20.3 Å². The molecule has 8 heteroatoms. The van der Waals surface area contributed by atoms with Crippen LogP contribution in [0.5, 0.6) is 11.5 Å². The van der Waals surface area contributed by atoms with Gasteiger partial charge in [-0.1, -0.05) is 13.3 Å². The minimum Gasteiger partial charge on any atom is -0.495 e.